The minimum Gasteiger partial charge on any atom is -0.444 e. The van der Waals surface area contributed by atoms with Crippen molar-refractivity contribution >= 4 is 12.4 Å². The summed E-state index contributed by atoms with van der Waals surface area (Å²) in [6, 6.07) is 3.78. The fraction of sp³-hybridized carbons (Fsp3) is 0.533. The molecule has 0 bridgehead atoms. The van der Waals surface area contributed by atoms with Gasteiger partial charge in [0.05, 0.1) is 0 Å². The normalized spacial score (nSPS) is 22.6. The van der Waals surface area contributed by atoms with Crippen molar-refractivity contribution < 1.29 is 14.3 Å². The molecule has 5 nitrogen and oxygen atoms in total. The molecule has 1 aliphatic heterocycles. The summed E-state index contributed by atoms with van der Waals surface area (Å²) in [7, 11) is 0. The van der Waals surface area contributed by atoms with Gasteiger partial charge < -0.3 is 14.4 Å². The molecule has 1 aromatic heterocycles. The van der Waals surface area contributed by atoms with Gasteiger partial charge in [-0.1, -0.05) is 6.07 Å². The first-order valence-electron chi connectivity index (χ1n) is 6.74. The number of ether oxygens (including phenoxy) is 1. The van der Waals surface area contributed by atoms with Gasteiger partial charge in [0.15, 0.2) is 0 Å². The van der Waals surface area contributed by atoms with Gasteiger partial charge in [0.2, 0.25) is 0 Å². The lowest BCUT2D eigenvalue weighted by Crippen LogP contribution is -2.35. The highest BCUT2D eigenvalue weighted by molar-refractivity contribution is 5.70. The number of amides is 1. The van der Waals surface area contributed by atoms with Gasteiger partial charge in [-0.3, -0.25) is 4.98 Å². The van der Waals surface area contributed by atoms with Crippen molar-refractivity contribution in [1.29, 1.82) is 0 Å². The second kappa shape index (κ2) is 5.61. The molecule has 1 saturated heterocycles. The Morgan fingerprint density at radius 1 is 1.45 bits per heavy atom. The SMILES string of the molecule is CC(C)(C)OC(=O)N1C[C@@H](C=O)[C@H](c2cccnc2)C1. The van der Waals surface area contributed by atoms with Crippen molar-refractivity contribution in [2.45, 2.75) is 32.3 Å². The molecular weight excluding hydrogens is 256 g/mol. The molecule has 1 aliphatic rings. The van der Waals surface area contributed by atoms with Gasteiger partial charge in [-0.15, -0.1) is 0 Å². The maximum Gasteiger partial charge on any atom is 0.410 e. The van der Waals surface area contributed by atoms with E-state index in [1.165, 1.54) is 0 Å². The number of pyridine rings is 1. The number of aromatic nitrogens is 1. The molecule has 0 N–H and O–H groups in total. The molecule has 1 aromatic rings. The lowest BCUT2D eigenvalue weighted by Gasteiger charge is -2.24. The molecule has 20 heavy (non-hydrogen) atoms. The van der Waals surface area contributed by atoms with Crippen LogP contribution in [-0.4, -0.2) is 41.0 Å². The minimum atomic E-state index is -0.528. The van der Waals surface area contributed by atoms with Crippen LogP contribution < -0.4 is 0 Å². The smallest absolute Gasteiger partial charge is 0.410 e. The Bertz CT molecular complexity index is 482. The summed E-state index contributed by atoms with van der Waals surface area (Å²) in [6.07, 6.45) is 4.00. The van der Waals surface area contributed by atoms with Crippen LogP contribution in [0, 0.1) is 5.92 Å². The van der Waals surface area contributed by atoms with Crippen LogP contribution >= 0.6 is 0 Å². The van der Waals surface area contributed by atoms with Crippen molar-refractivity contribution in [2.24, 2.45) is 5.92 Å². The number of hydrogen-bond acceptors (Lipinski definition) is 4. The van der Waals surface area contributed by atoms with Gasteiger partial charge >= 0.3 is 6.09 Å². The topological polar surface area (TPSA) is 59.5 Å². The number of nitrogens with zero attached hydrogens (tertiary/aromatic N) is 2. The third-order valence-corrected chi connectivity index (χ3v) is 3.30. The third kappa shape index (κ3) is 3.35. The molecule has 2 heterocycles. The monoisotopic (exact) mass is 276 g/mol. The lowest BCUT2D eigenvalue weighted by molar-refractivity contribution is -0.111. The standard InChI is InChI=1S/C15H20N2O3/c1-15(2,3)20-14(19)17-8-12(10-18)13(9-17)11-5-4-6-16-7-11/h4-7,10,12-13H,8-9H2,1-3H3/t12-,13-/m0/s1. The van der Waals surface area contributed by atoms with Crippen LogP contribution in [-0.2, 0) is 9.53 Å². The fourth-order valence-electron chi connectivity index (χ4n) is 2.39. The molecular formula is C15H20N2O3. The van der Waals surface area contributed by atoms with Crippen LogP contribution in [0.1, 0.15) is 32.3 Å². The zero-order valence-corrected chi connectivity index (χ0v) is 12.1. The van der Waals surface area contributed by atoms with Crippen molar-refractivity contribution in [2.75, 3.05) is 13.1 Å². The first-order valence-corrected chi connectivity index (χ1v) is 6.74. The minimum absolute atomic E-state index is 0.00582. The average molecular weight is 276 g/mol. The highest BCUT2D eigenvalue weighted by Crippen LogP contribution is 2.31. The summed E-state index contributed by atoms with van der Waals surface area (Å²) in [4.78, 5) is 29.0. The quantitative estimate of drug-likeness (QED) is 0.777. The summed E-state index contributed by atoms with van der Waals surface area (Å²) < 4.78 is 5.35. The molecule has 1 fully saturated rings. The number of carbonyl (C=O) groups is 2. The van der Waals surface area contributed by atoms with Crippen molar-refractivity contribution in [3.63, 3.8) is 0 Å². The largest absolute Gasteiger partial charge is 0.444 e. The van der Waals surface area contributed by atoms with E-state index in [-0.39, 0.29) is 17.9 Å². The number of likely N-dealkylation sites (tertiary alicyclic amines) is 1. The summed E-state index contributed by atoms with van der Waals surface area (Å²) in [6.45, 7) is 6.38. The first kappa shape index (κ1) is 14.5. The number of carbonyl (C=O) groups excluding carboxylic acids is 2. The van der Waals surface area contributed by atoms with E-state index in [0.29, 0.717) is 13.1 Å². The number of aldehydes is 1. The summed E-state index contributed by atoms with van der Waals surface area (Å²) in [5.41, 5.74) is 0.454. The van der Waals surface area contributed by atoms with E-state index in [1.807, 2.05) is 32.9 Å². The van der Waals surface area contributed by atoms with E-state index in [1.54, 1.807) is 17.3 Å². The third-order valence-electron chi connectivity index (χ3n) is 3.30. The van der Waals surface area contributed by atoms with Crippen LogP contribution in [0.2, 0.25) is 0 Å². The van der Waals surface area contributed by atoms with Crippen LogP contribution in [0.15, 0.2) is 24.5 Å². The van der Waals surface area contributed by atoms with E-state index in [9.17, 15) is 9.59 Å². The molecule has 0 unspecified atom stereocenters. The number of rotatable bonds is 2. The Kier molecular flexibility index (Phi) is 4.06. The van der Waals surface area contributed by atoms with Crippen LogP contribution in [0.4, 0.5) is 4.79 Å². The van der Waals surface area contributed by atoms with Crippen molar-refractivity contribution in [3.8, 4) is 0 Å². The van der Waals surface area contributed by atoms with E-state index in [2.05, 4.69) is 4.98 Å². The molecule has 0 spiro atoms. The predicted octanol–water partition coefficient (Wildman–Crippen LogP) is 2.23. The Labute approximate surface area is 118 Å². The Hall–Kier alpha value is -1.91. The van der Waals surface area contributed by atoms with Crippen LogP contribution in [0.25, 0.3) is 0 Å². The van der Waals surface area contributed by atoms with E-state index < -0.39 is 5.60 Å². The van der Waals surface area contributed by atoms with Gasteiger partial charge in [0.25, 0.3) is 0 Å². The van der Waals surface area contributed by atoms with Crippen molar-refractivity contribution in [3.05, 3.63) is 30.1 Å². The summed E-state index contributed by atoms with van der Waals surface area (Å²) in [5, 5.41) is 0. The maximum absolute atomic E-state index is 12.1. The predicted molar refractivity (Wildman–Crippen MR) is 74.3 cm³/mol. The van der Waals surface area contributed by atoms with Gasteiger partial charge in [-0.2, -0.15) is 0 Å². The first-order chi connectivity index (χ1) is 9.40. The number of hydrogen-bond donors (Lipinski definition) is 0. The van der Waals surface area contributed by atoms with E-state index in [4.69, 9.17) is 4.74 Å². The highest BCUT2D eigenvalue weighted by Gasteiger charge is 2.37. The van der Waals surface area contributed by atoms with Crippen LogP contribution in [0.3, 0.4) is 0 Å². The molecule has 0 radical (unpaired) electrons. The highest BCUT2D eigenvalue weighted by atomic mass is 16.6. The zero-order valence-electron chi connectivity index (χ0n) is 12.1. The molecule has 2 atom stereocenters. The van der Waals surface area contributed by atoms with Gasteiger partial charge in [0.1, 0.15) is 11.9 Å². The molecule has 1 amide bonds. The second-order valence-electron chi connectivity index (χ2n) is 6.08. The van der Waals surface area contributed by atoms with Gasteiger partial charge in [0, 0.05) is 37.3 Å². The average Bonchev–Trinajstić information content (AvgIpc) is 2.82. The Morgan fingerprint density at radius 3 is 2.75 bits per heavy atom. The van der Waals surface area contributed by atoms with Crippen molar-refractivity contribution in [1.82, 2.24) is 9.88 Å². The molecule has 108 valence electrons. The summed E-state index contributed by atoms with van der Waals surface area (Å²) >= 11 is 0. The lowest BCUT2D eigenvalue weighted by atomic mass is 9.91. The van der Waals surface area contributed by atoms with E-state index in [0.717, 1.165) is 11.8 Å². The zero-order chi connectivity index (χ0) is 14.8. The Morgan fingerprint density at radius 2 is 2.20 bits per heavy atom. The molecule has 2 rings (SSSR count). The molecule has 5 heteroatoms. The Balaban J connectivity index is 2.10. The fourth-order valence-corrected chi connectivity index (χ4v) is 2.39. The molecule has 0 aliphatic carbocycles. The molecule has 0 aromatic carbocycles. The van der Waals surface area contributed by atoms with Gasteiger partial charge in [-0.25, -0.2) is 4.79 Å². The van der Waals surface area contributed by atoms with Crippen LogP contribution in [0.5, 0.6) is 0 Å². The second-order valence-corrected chi connectivity index (χ2v) is 6.08. The maximum atomic E-state index is 12.1. The van der Waals surface area contributed by atoms with E-state index >= 15 is 0 Å². The summed E-state index contributed by atoms with van der Waals surface area (Å²) in [5.74, 6) is -0.208. The molecule has 0 saturated carbocycles. The van der Waals surface area contributed by atoms with Gasteiger partial charge in [-0.05, 0) is 32.4 Å².